The van der Waals surface area contributed by atoms with E-state index in [9.17, 15) is 4.79 Å². The first-order valence-electron chi connectivity index (χ1n) is 6.99. The molecule has 0 amide bonds. The highest BCUT2D eigenvalue weighted by molar-refractivity contribution is 5.70. The van der Waals surface area contributed by atoms with Crippen molar-refractivity contribution in [3.8, 4) is 0 Å². The molecule has 3 aliphatic heterocycles. The Morgan fingerprint density at radius 3 is 2.95 bits per heavy atom. The fourth-order valence-electron chi connectivity index (χ4n) is 3.57. The molecule has 0 N–H and O–H groups in total. The van der Waals surface area contributed by atoms with Crippen molar-refractivity contribution in [2.75, 3.05) is 0 Å². The second-order valence-electron chi connectivity index (χ2n) is 6.15. The highest BCUT2D eigenvalue weighted by Crippen LogP contribution is 2.44. The van der Waals surface area contributed by atoms with E-state index in [-0.39, 0.29) is 23.9 Å². The summed E-state index contributed by atoms with van der Waals surface area (Å²) in [5, 5.41) is 8.24. The average Bonchev–Trinajstić information content (AvgIpc) is 2.99. The van der Waals surface area contributed by atoms with Gasteiger partial charge in [-0.05, 0) is 19.9 Å². The Labute approximate surface area is 119 Å². The van der Waals surface area contributed by atoms with Crippen LogP contribution in [-0.2, 0) is 20.8 Å². The Hall–Kier alpha value is -1.77. The third-order valence-electron chi connectivity index (χ3n) is 4.32. The molecule has 5 heterocycles. The second kappa shape index (κ2) is 3.52. The molecule has 0 spiro atoms. The van der Waals surface area contributed by atoms with Crippen molar-refractivity contribution in [2.24, 2.45) is 0 Å². The van der Waals surface area contributed by atoms with Gasteiger partial charge in [-0.1, -0.05) is 5.21 Å². The molecule has 8 nitrogen and oxygen atoms in total. The number of hydrogen-bond donors (Lipinski definition) is 0. The van der Waals surface area contributed by atoms with Gasteiger partial charge in [-0.25, -0.2) is 4.68 Å². The van der Waals surface area contributed by atoms with Crippen molar-refractivity contribution in [1.29, 1.82) is 0 Å². The van der Waals surface area contributed by atoms with E-state index >= 15 is 0 Å². The van der Waals surface area contributed by atoms with Gasteiger partial charge in [-0.2, -0.15) is 0 Å². The van der Waals surface area contributed by atoms with Crippen LogP contribution in [-0.4, -0.2) is 43.7 Å². The van der Waals surface area contributed by atoms with Crippen LogP contribution >= 0.6 is 0 Å². The van der Waals surface area contributed by atoms with Gasteiger partial charge >= 0.3 is 0 Å². The molecule has 21 heavy (non-hydrogen) atoms. The standard InChI is InChI=1S/C13H14N4O4/c1-13(2)20-9-7-5-16-11-6(14-15-16)3-4-8(18)17(11)12(19-7)10(9)21-13/h3-4,7,9-10,12H,5H2,1-2H3/t7-,9-,10-,12-/m1/s1. The van der Waals surface area contributed by atoms with Crippen molar-refractivity contribution >= 4 is 11.2 Å². The number of pyridine rings is 1. The van der Waals surface area contributed by atoms with Crippen LogP contribution in [0, 0.1) is 0 Å². The predicted molar refractivity (Wildman–Crippen MR) is 69.5 cm³/mol. The fourth-order valence-corrected chi connectivity index (χ4v) is 3.57. The third-order valence-corrected chi connectivity index (χ3v) is 4.32. The van der Waals surface area contributed by atoms with Crippen LogP contribution in [0.15, 0.2) is 16.9 Å². The Morgan fingerprint density at radius 2 is 2.10 bits per heavy atom. The number of rotatable bonds is 0. The first kappa shape index (κ1) is 11.8. The Morgan fingerprint density at radius 1 is 1.29 bits per heavy atom. The molecular weight excluding hydrogens is 276 g/mol. The lowest BCUT2D eigenvalue weighted by molar-refractivity contribution is -0.196. The first-order chi connectivity index (χ1) is 10.0. The molecule has 3 aliphatic rings. The summed E-state index contributed by atoms with van der Waals surface area (Å²) in [7, 11) is 0. The molecular formula is C13H14N4O4. The van der Waals surface area contributed by atoms with Gasteiger partial charge in [0.25, 0.3) is 5.56 Å². The summed E-state index contributed by atoms with van der Waals surface area (Å²) in [5.74, 6) is -0.669. The maximum atomic E-state index is 12.4. The monoisotopic (exact) mass is 290 g/mol. The van der Waals surface area contributed by atoms with Crippen molar-refractivity contribution in [1.82, 2.24) is 19.6 Å². The molecule has 2 fully saturated rings. The van der Waals surface area contributed by atoms with Gasteiger partial charge in [0.05, 0.1) is 6.54 Å². The van der Waals surface area contributed by atoms with Crippen LogP contribution < -0.4 is 5.56 Å². The smallest absolute Gasteiger partial charge is 0.254 e. The molecule has 8 heteroatoms. The molecule has 0 unspecified atom stereocenters. The summed E-state index contributed by atoms with van der Waals surface area (Å²) in [4.78, 5) is 12.4. The van der Waals surface area contributed by atoms with Crippen LogP contribution in [0.25, 0.3) is 11.2 Å². The lowest BCUT2D eigenvalue weighted by Crippen LogP contribution is -2.36. The van der Waals surface area contributed by atoms with Gasteiger partial charge in [-0.15, -0.1) is 5.10 Å². The largest absolute Gasteiger partial charge is 0.347 e. The summed E-state index contributed by atoms with van der Waals surface area (Å²) >= 11 is 0. The minimum Gasteiger partial charge on any atom is -0.347 e. The van der Waals surface area contributed by atoms with Crippen molar-refractivity contribution in [3.05, 3.63) is 22.5 Å². The molecule has 0 aliphatic carbocycles. The Kier molecular flexibility index (Phi) is 1.98. The van der Waals surface area contributed by atoms with Crippen LogP contribution in [0.2, 0.25) is 0 Å². The molecule has 0 aromatic carbocycles. The Bertz CT molecular complexity index is 810. The molecule has 110 valence electrons. The highest BCUT2D eigenvalue weighted by Gasteiger charge is 2.57. The predicted octanol–water partition coefficient (Wildman–Crippen LogP) is 0.0241. The van der Waals surface area contributed by atoms with Crippen LogP contribution in [0.1, 0.15) is 20.1 Å². The number of aromatic nitrogens is 4. The number of fused-ring (bicyclic) bond motifs is 6. The Balaban J connectivity index is 1.77. The van der Waals surface area contributed by atoms with Crippen molar-refractivity contribution < 1.29 is 14.2 Å². The van der Waals surface area contributed by atoms with Gasteiger partial charge < -0.3 is 14.2 Å². The van der Waals surface area contributed by atoms with E-state index < -0.39 is 12.0 Å². The molecule has 0 radical (unpaired) electrons. The van der Waals surface area contributed by atoms with Crippen LogP contribution in [0.5, 0.6) is 0 Å². The summed E-state index contributed by atoms with van der Waals surface area (Å²) in [6, 6.07) is 3.17. The average molecular weight is 290 g/mol. The van der Waals surface area contributed by atoms with Gasteiger partial charge in [-0.3, -0.25) is 9.36 Å². The number of hydrogen-bond acceptors (Lipinski definition) is 6. The minimum absolute atomic E-state index is 0.148. The van der Waals surface area contributed by atoms with E-state index in [1.54, 1.807) is 15.3 Å². The van der Waals surface area contributed by atoms with E-state index in [4.69, 9.17) is 14.2 Å². The van der Waals surface area contributed by atoms with E-state index in [2.05, 4.69) is 10.3 Å². The normalized spacial score (nSPS) is 35.9. The molecule has 5 rings (SSSR count). The van der Waals surface area contributed by atoms with Crippen molar-refractivity contribution in [2.45, 2.75) is 50.7 Å². The second-order valence-corrected chi connectivity index (χ2v) is 6.15. The molecule has 2 aromatic rings. The van der Waals surface area contributed by atoms with Crippen LogP contribution in [0.4, 0.5) is 0 Å². The zero-order chi connectivity index (χ0) is 14.4. The minimum atomic E-state index is -0.669. The van der Waals surface area contributed by atoms with Crippen molar-refractivity contribution in [3.63, 3.8) is 0 Å². The van der Waals surface area contributed by atoms with E-state index in [1.165, 1.54) is 6.07 Å². The van der Waals surface area contributed by atoms with E-state index in [1.807, 2.05) is 13.8 Å². The van der Waals surface area contributed by atoms with Gasteiger partial charge in [0, 0.05) is 6.07 Å². The number of ether oxygens (including phenoxy) is 3. The lowest BCUT2D eigenvalue weighted by Gasteiger charge is -2.23. The third kappa shape index (κ3) is 1.42. The number of nitrogens with zero attached hydrogens (tertiary/aromatic N) is 4. The SMILES string of the molecule is CC1(C)O[C@@H]2[C@H](O1)[C@H]1Cn3nnc4ccc(=O)n(c43)[C@@H]2O1. The quantitative estimate of drug-likeness (QED) is 0.680. The summed E-state index contributed by atoms with van der Waals surface area (Å²) in [6.07, 6.45) is -1.20. The summed E-state index contributed by atoms with van der Waals surface area (Å²) in [6.45, 7) is 4.25. The van der Waals surface area contributed by atoms with E-state index in [0.29, 0.717) is 17.7 Å². The molecule has 2 saturated heterocycles. The molecule has 2 bridgehead atoms. The first-order valence-corrected chi connectivity index (χ1v) is 6.99. The summed E-state index contributed by atoms with van der Waals surface area (Å²) < 4.78 is 21.2. The molecule has 0 saturated carbocycles. The lowest BCUT2D eigenvalue weighted by atomic mass is 10.1. The highest BCUT2D eigenvalue weighted by atomic mass is 16.8. The fraction of sp³-hybridized carbons (Fsp3) is 0.615. The van der Waals surface area contributed by atoms with Gasteiger partial charge in [0.15, 0.2) is 17.7 Å². The van der Waals surface area contributed by atoms with Crippen LogP contribution in [0.3, 0.4) is 0 Å². The zero-order valence-electron chi connectivity index (χ0n) is 11.6. The summed E-state index contributed by atoms with van der Waals surface area (Å²) in [5.41, 5.74) is 1.22. The molecule has 4 atom stereocenters. The topological polar surface area (TPSA) is 80.4 Å². The maximum absolute atomic E-state index is 12.4. The van der Waals surface area contributed by atoms with Gasteiger partial charge in [0.1, 0.15) is 23.8 Å². The van der Waals surface area contributed by atoms with Gasteiger partial charge in [0.2, 0.25) is 0 Å². The maximum Gasteiger partial charge on any atom is 0.254 e. The zero-order valence-corrected chi connectivity index (χ0v) is 11.6. The van der Waals surface area contributed by atoms with E-state index in [0.717, 1.165) is 0 Å². The molecule has 2 aromatic heterocycles.